The minimum absolute atomic E-state index is 0.106. The molecule has 0 saturated heterocycles. The summed E-state index contributed by atoms with van der Waals surface area (Å²) in [4.78, 5) is 24.4. The number of hydrogen-bond donors (Lipinski definition) is 2. The SMILES string of the molecule is C[C@@H](OC(=O)c1ccc2ccccc2c1O)C(=O)Nc1cc(F)ccc1F. The fourth-order valence-electron chi connectivity index (χ4n) is 2.53. The highest BCUT2D eigenvalue weighted by atomic mass is 19.1. The summed E-state index contributed by atoms with van der Waals surface area (Å²) in [6.07, 6.45) is -1.30. The quantitative estimate of drug-likeness (QED) is 0.680. The number of halogens is 2. The highest BCUT2D eigenvalue weighted by Gasteiger charge is 2.22. The van der Waals surface area contributed by atoms with Gasteiger partial charge in [-0.2, -0.15) is 0 Å². The predicted octanol–water partition coefficient (Wildman–Crippen LogP) is 4.01. The molecule has 0 fully saturated rings. The van der Waals surface area contributed by atoms with Crippen LogP contribution >= 0.6 is 0 Å². The zero-order valence-electron chi connectivity index (χ0n) is 14.2. The lowest BCUT2D eigenvalue weighted by atomic mass is 10.1. The van der Waals surface area contributed by atoms with Gasteiger partial charge >= 0.3 is 5.97 Å². The Morgan fingerprint density at radius 3 is 2.59 bits per heavy atom. The molecule has 0 radical (unpaired) electrons. The van der Waals surface area contributed by atoms with Crippen molar-refractivity contribution in [2.45, 2.75) is 13.0 Å². The molecule has 5 nitrogen and oxygen atoms in total. The van der Waals surface area contributed by atoms with Crippen LogP contribution in [0.15, 0.2) is 54.6 Å². The van der Waals surface area contributed by atoms with Crippen molar-refractivity contribution < 1.29 is 28.2 Å². The minimum Gasteiger partial charge on any atom is -0.506 e. The van der Waals surface area contributed by atoms with Crippen molar-refractivity contribution in [3.63, 3.8) is 0 Å². The highest BCUT2D eigenvalue weighted by Crippen LogP contribution is 2.29. The number of carbonyl (C=O) groups is 2. The summed E-state index contributed by atoms with van der Waals surface area (Å²) < 4.78 is 31.8. The van der Waals surface area contributed by atoms with Crippen LogP contribution in [0.25, 0.3) is 10.8 Å². The first-order valence-corrected chi connectivity index (χ1v) is 8.04. The van der Waals surface area contributed by atoms with Gasteiger partial charge in [0, 0.05) is 11.5 Å². The van der Waals surface area contributed by atoms with Gasteiger partial charge in [0.05, 0.1) is 5.69 Å². The molecular formula is C20H15F2NO4. The van der Waals surface area contributed by atoms with Crippen molar-refractivity contribution in [1.29, 1.82) is 0 Å². The number of benzene rings is 3. The highest BCUT2D eigenvalue weighted by molar-refractivity contribution is 6.02. The second kappa shape index (κ2) is 7.41. The topological polar surface area (TPSA) is 75.6 Å². The van der Waals surface area contributed by atoms with Crippen molar-refractivity contribution in [3.8, 4) is 5.75 Å². The smallest absolute Gasteiger partial charge is 0.342 e. The molecule has 3 rings (SSSR count). The number of esters is 1. The van der Waals surface area contributed by atoms with Crippen molar-refractivity contribution in [3.05, 3.63) is 71.8 Å². The molecule has 27 heavy (non-hydrogen) atoms. The number of aromatic hydroxyl groups is 1. The molecule has 7 heteroatoms. The van der Waals surface area contributed by atoms with Crippen LogP contribution in [0.2, 0.25) is 0 Å². The number of phenols is 1. The number of amides is 1. The van der Waals surface area contributed by atoms with Crippen LogP contribution in [0.1, 0.15) is 17.3 Å². The molecule has 0 bridgehead atoms. The maximum Gasteiger partial charge on any atom is 0.342 e. The molecule has 0 aromatic heterocycles. The first kappa shape index (κ1) is 18.3. The lowest BCUT2D eigenvalue weighted by Gasteiger charge is -2.15. The zero-order chi connectivity index (χ0) is 19.6. The molecule has 0 unspecified atom stereocenters. The summed E-state index contributed by atoms with van der Waals surface area (Å²) in [5, 5.41) is 13.6. The van der Waals surface area contributed by atoms with Gasteiger partial charge in [-0.1, -0.05) is 30.3 Å². The maximum absolute atomic E-state index is 13.6. The lowest BCUT2D eigenvalue weighted by molar-refractivity contribution is -0.123. The standard InChI is InChI=1S/C20H15F2NO4/c1-11(19(25)23-17-10-13(21)7-9-16(17)22)27-20(26)15-8-6-12-4-2-3-5-14(12)18(15)24/h2-11,24H,1H3,(H,23,25)/t11-/m1/s1. The van der Waals surface area contributed by atoms with Crippen molar-refractivity contribution >= 4 is 28.3 Å². The molecule has 0 aliphatic carbocycles. The van der Waals surface area contributed by atoms with Crippen LogP contribution in [0.3, 0.4) is 0 Å². The monoisotopic (exact) mass is 371 g/mol. The van der Waals surface area contributed by atoms with Crippen molar-refractivity contribution in [2.24, 2.45) is 0 Å². The van der Waals surface area contributed by atoms with Crippen LogP contribution < -0.4 is 5.32 Å². The van der Waals surface area contributed by atoms with E-state index in [0.717, 1.165) is 23.6 Å². The van der Waals surface area contributed by atoms with Crippen molar-refractivity contribution in [1.82, 2.24) is 0 Å². The number of fused-ring (bicyclic) bond motifs is 1. The first-order chi connectivity index (χ1) is 12.9. The van der Waals surface area contributed by atoms with Gasteiger partial charge in [-0.15, -0.1) is 0 Å². The van der Waals surface area contributed by atoms with E-state index in [0.29, 0.717) is 5.39 Å². The third kappa shape index (κ3) is 3.87. The van der Waals surface area contributed by atoms with E-state index in [4.69, 9.17) is 4.74 Å². The number of anilines is 1. The number of carbonyl (C=O) groups excluding carboxylic acids is 2. The molecule has 138 valence electrons. The summed E-state index contributed by atoms with van der Waals surface area (Å²) in [6, 6.07) is 12.5. The Kier molecular flexibility index (Phi) is 5.03. The van der Waals surface area contributed by atoms with Gasteiger partial charge in [-0.05, 0) is 30.5 Å². The van der Waals surface area contributed by atoms with Gasteiger partial charge in [0.15, 0.2) is 6.10 Å². The Morgan fingerprint density at radius 1 is 1.07 bits per heavy atom. The predicted molar refractivity (Wildman–Crippen MR) is 95.5 cm³/mol. The van der Waals surface area contributed by atoms with E-state index < -0.39 is 29.6 Å². The molecule has 1 amide bonds. The molecule has 0 spiro atoms. The first-order valence-electron chi connectivity index (χ1n) is 8.04. The maximum atomic E-state index is 13.6. The fraction of sp³-hybridized carbons (Fsp3) is 0.100. The Labute approximate surface area is 153 Å². The Hall–Kier alpha value is -3.48. The van der Waals surface area contributed by atoms with Gasteiger partial charge in [0.25, 0.3) is 5.91 Å². The zero-order valence-corrected chi connectivity index (χ0v) is 14.2. The number of ether oxygens (including phenoxy) is 1. The van der Waals surface area contributed by atoms with Gasteiger partial charge in [-0.3, -0.25) is 4.79 Å². The third-order valence-corrected chi connectivity index (χ3v) is 3.96. The second-order valence-corrected chi connectivity index (χ2v) is 5.84. The summed E-state index contributed by atoms with van der Waals surface area (Å²) in [6.45, 7) is 1.28. The summed E-state index contributed by atoms with van der Waals surface area (Å²) >= 11 is 0. The van der Waals surface area contributed by atoms with E-state index >= 15 is 0 Å². The van der Waals surface area contributed by atoms with E-state index in [1.54, 1.807) is 30.3 Å². The van der Waals surface area contributed by atoms with E-state index in [-0.39, 0.29) is 17.0 Å². The van der Waals surface area contributed by atoms with Crippen LogP contribution in [-0.4, -0.2) is 23.1 Å². The Bertz CT molecular complexity index is 1040. The molecule has 0 saturated carbocycles. The van der Waals surface area contributed by atoms with Gasteiger partial charge in [0.1, 0.15) is 22.9 Å². The molecule has 0 aliphatic heterocycles. The minimum atomic E-state index is -1.30. The largest absolute Gasteiger partial charge is 0.506 e. The van der Waals surface area contributed by atoms with Crippen LogP contribution in [-0.2, 0) is 9.53 Å². The molecule has 0 heterocycles. The summed E-state index contributed by atoms with van der Waals surface area (Å²) in [7, 11) is 0. The average molecular weight is 371 g/mol. The molecule has 3 aromatic rings. The number of nitrogens with one attached hydrogen (secondary N) is 1. The second-order valence-electron chi connectivity index (χ2n) is 5.84. The number of rotatable bonds is 4. The number of phenolic OH excluding ortho intramolecular Hbond substituents is 1. The summed E-state index contributed by atoms with van der Waals surface area (Å²) in [5.41, 5.74) is -0.471. The molecule has 3 aromatic carbocycles. The van der Waals surface area contributed by atoms with Crippen LogP contribution in [0.4, 0.5) is 14.5 Å². The molecule has 0 aliphatic rings. The lowest BCUT2D eigenvalue weighted by Crippen LogP contribution is -2.30. The number of hydrogen-bond acceptors (Lipinski definition) is 4. The van der Waals surface area contributed by atoms with Crippen molar-refractivity contribution in [2.75, 3.05) is 5.32 Å². The fourth-order valence-corrected chi connectivity index (χ4v) is 2.53. The normalized spacial score (nSPS) is 11.8. The molecular weight excluding hydrogens is 356 g/mol. The van der Waals surface area contributed by atoms with Gasteiger partial charge in [-0.25, -0.2) is 13.6 Å². The van der Waals surface area contributed by atoms with E-state index in [1.807, 2.05) is 0 Å². The van der Waals surface area contributed by atoms with Gasteiger partial charge in [0.2, 0.25) is 0 Å². The van der Waals surface area contributed by atoms with E-state index in [9.17, 15) is 23.5 Å². The third-order valence-electron chi connectivity index (χ3n) is 3.96. The molecule has 2 N–H and O–H groups in total. The average Bonchev–Trinajstić information content (AvgIpc) is 2.65. The van der Waals surface area contributed by atoms with E-state index in [2.05, 4.69) is 5.32 Å². The van der Waals surface area contributed by atoms with Gasteiger partial charge < -0.3 is 15.2 Å². The Balaban J connectivity index is 1.74. The van der Waals surface area contributed by atoms with Crippen LogP contribution in [0.5, 0.6) is 5.75 Å². The Morgan fingerprint density at radius 2 is 1.81 bits per heavy atom. The summed E-state index contributed by atoms with van der Waals surface area (Å²) in [5.74, 6) is -3.57. The molecule has 1 atom stereocenters. The van der Waals surface area contributed by atoms with E-state index in [1.165, 1.54) is 13.0 Å². The van der Waals surface area contributed by atoms with Crippen LogP contribution in [0, 0.1) is 11.6 Å².